The number of carbonyl (C=O) groups is 1. The van der Waals surface area contributed by atoms with Gasteiger partial charge in [0.1, 0.15) is 0 Å². The minimum atomic E-state index is -4.45. The molecule has 2 aliphatic rings. The number of hydrogen-bond acceptors (Lipinski definition) is 4. The summed E-state index contributed by atoms with van der Waals surface area (Å²) in [5, 5.41) is 3.99. The van der Waals surface area contributed by atoms with E-state index in [0.717, 1.165) is 37.7 Å². The predicted molar refractivity (Wildman–Crippen MR) is 106 cm³/mol. The van der Waals surface area contributed by atoms with Gasteiger partial charge in [0.15, 0.2) is 0 Å². The lowest BCUT2D eigenvalue weighted by Gasteiger charge is -2.39. The molecule has 3 heterocycles. The largest absolute Gasteiger partial charge is 0.418 e. The third kappa shape index (κ3) is 3.90. The molecule has 2 fully saturated rings. The topological polar surface area (TPSA) is 48.5 Å². The molecule has 0 saturated carbocycles. The quantitative estimate of drug-likeness (QED) is 0.850. The van der Waals surface area contributed by atoms with Crippen molar-refractivity contribution in [3.63, 3.8) is 0 Å². The summed E-state index contributed by atoms with van der Waals surface area (Å²) in [5.74, 6) is 0.462. The maximum Gasteiger partial charge on any atom is 0.418 e. The highest BCUT2D eigenvalue weighted by molar-refractivity contribution is 5.94. The molecule has 8 heteroatoms. The van der Waals surface area contributed by atoms with Crippen LogP contribution in [0.4, 0.5) is 18.9 Å². The van der Waals surface area contributed by atoms with Crippen LogP contribution in [0.15, 0.2) is 30.5 Å². The molecule has 5 nitrogen and oxygen atoms in total. The zero-order chi connectivity index (χ0) is 20.8. The molecule has 1 aromatic heterocycles. The minimum Gasteiger partial charge on any atom is -0.369 e. The summed E-state index contributed by atoms with van der Waals surface area (Å²) in [5.41, 5.74) is 0.0262. The van der Waals surface area contributed by atoms with E-state index in [-0.39, 0.29) is 23.5 Å². The molecule has 1 N–H and O–H groups in total. The highest BCUT2D eigenvalue weighted by Gasteiger charge is 2.36. The van der Waals surface area contributed by atoms with Crippen molar-refractivity contribution in [2.75, 3.05) is 31.6 Å². The number of piperidine rings is 1. The fourth-order valence-corrected chi connectivity index (χ4v) is 4.59. The first-order chi connectivity index (χ1) is 13.7. The molecule has 3 atom stereocenters. The standard InChI is InChI=1S/C21H25F3N4O/c1-13-10-14(26-17-7-9-27(2)20(17)29)12-28(11-13)18-6-5-16(21(22,23)24)19-15(18)4-3-8-25-19/h3-6,8,13-14,17,26H,7,9-12H2,1-2H3. The van der Waals surface area contributed by atoms with E-state index >= 15 is 0 Å². The molecule has 1 amide bonds. The van der Waals surface area contributed by atoms with E-state index in [1.165, 1.54) is 6.20 Å². The molecule has 2 aliphatic heterocycles. The van der Waals surface area contributed by atoms with Crippen LogP contribution < -0.4 is 10.2 Å². The average molecular weight is 406 g/mol. The molecular formula is C21H25F3N4O. The number of hydrogen-bond donors (Lipinski definition) is 1. The second kappa shape index (κ2) is 7.48. The van der Waals surface area contributed by atoms with Gasteiger partial charge in [-0.3, -0.25) is 9.78 Å². The Balaban J connectivity index is 1.62. The van der Waals surface area contributed by atoms with Crippen molar-refractivity contribution in [3.05, 3.63) is 36.0 Å². The van der Waals surface area contributed by atoms with E-state index in [0.29, 0.717) is 17.8 Å². The monoisotopic (exact) mass is 406 g/mol. The van der Waals surface area contributed by atoms with Gasteiger partial charge in [-0.05, 0) is 43.0 Å². The van der Waals surface area contributed by atoms with E-state index in [4.69, 9.17) is 0 Å². The number of pyridine rings is 1. The number of likely N-dealkylation sites (tertiary alicyclic amines) is 1. The average Bonchev–Trinajstić information content (AvgIpc) is 2.98. The Bertz CT molecular complexity index is 916. The van der Waals surface area contributed by atoms with Gasteiger partial charge in [0, 0.05) is 50.0 Å². The molecule has 4 rings (SSSR count). The normalized spacial score (nSPS) is 25.8. The lowest BCUT2D eigenvalue weighted by molar-refractivity contribution is -0.136. The summed E-state index contributed by atoms with van der Waals surface area (Å²) in [6.07, 6.45) is -1.33. The van der Waals surface area contributed by atoms with E-state index in [9.17, 15) is 18.0 Å². The third-order valence-electron chi connectivity index (χ3n) is 5.92. The molecule has 1 aromatic carbocycles. The number of rotatable bonds is 3. The fraction of sp³-hybridized carbons (Fsp3) is 0.524. The van der Waals surface area contributed by atoms with E-state index in [2.05, 4.69) is 22.1 Å². The lowest BCUT2D eigenvalue weighted by atomic mass is 9.94. The van der Waals surface area contributed by atoms with Gasteiger partial charge >= 0.3 is 6.18 Å². The molecule has 0 spiro atoms. The fourth-order valence-electron chi connectivity index (χ4n) is 4.59. The molecular weight excluding hydrogens is 381 g/mol. The number of anilines is 1. The number of benzene rings is 1. The van der Waals surface area contributed by atoms with Gasteiger partial charge in [0.2, 0.25) is 5.91 Å². The summed E-state index contributed by atoms with van der Waals surface area (Å²) < 4.78 is 40.2. The zero-order valence-corrected chi connectivity index (χ0v) is 16.5. The first kappa shape index (κ1) is 19.9. The van der Waals surface area contributed by atoms with Crippen LogP contribution in [0.3, 0.4) is 0 Å². The van der Waals surface area contributed by atoms with Crippen LogP contribution in [0, 0.1) is 5.92 Å². The van der Waals surface area contributed by atoms with Crippen molar-refractivity contribution in [2.24, 2.45) is 5.92 Å². The van der Waals surface area contributed by atoms with E-state index in [1.54, 1.807) is 30.1 Å². The van der Waals surface area contributed by atoms with Crippen molar-refractivity contribution >= 4 is 22.5 Å². The molecule has 2 saturated heterocycles. The van der Waals surface area contributed by atoms with Crippen molar-refractivity contribution < 1.29 is 18.0 Å². The van der Waals surface area contributed by atoms with Gasteiger partial charge in [-0.2, -0.15) is 13.2 Å². The van der Waals surface area contributed by atoms with Crippen molar-refractivity contribution in [1.82, 2.24) is 15.2 Å². The molecule has 2 aromatic rings. The van der Waals surface area contributed by atoms with Crippen molar-refractivity contribution in [2.45, 2.75) is 38.0 Å². The number of carbonyl (C=O) groups excluding carboxylic acids is 1. The van der Waals surface area contributed by atoms with Gasteiger partial charge in [0.25, 0.3) is 0 Å². The zero-order valence-electron chi connectivity index (χ0n) is 16.5. The summed E-state index contributed by atoms with van der Waals surface area (Å²) in [4.78, 5) is 20.1. The van der Waals surface area contributed by atoms with Crippen molar-refractivity contribution in [1.29, 1.82) is 0 Å². The van der Waals surface area contributed by atoms with Gasteiger partial charge in [-0.1, -0.05) is 6.92 Å². The Morgan fingerprint density at radius 1 is 1.21 bits per heavy atom. The van der Waals surface area contributed by atoms with Gasteiger partial charge in [-0.25, -0.2) is 0 Å². The Kier molecular flexibility index (Phi) is 5.14. The third-order valence-corrected chi connectivity index (χ3v) is 5.92. The van der Waals surface area contributed by atoms with Crippen LogP contribution in [0.5, 0.6) is 0 Å². The second-order valence-electron chi connectivity index (χ2n) is 8.24. The molecule has 0 aliphatic carbocycles. The van der Waals surface area contributed by atoms with Crippen LogP contribution in [-0.4, -0.2) is 54.6 Å². The summed E-state index contributed by atoms with van der Waals surface area (Å²) in [6, 6.07) is 5.97. The van der Waals surface area contributed by atoms with Crippen LogP contribution >= 0.6 is 0 Å². The highest BCUT2D eigenvalue weighted by atomic mass is 19.4. The summed E-state index contributed by atoms with van der Waals surface area (Å²) >= 11 is 0. The Morgan fingerprint density at radius 3 is 2.69 bits per heavy atom. The molecule has 0 radical (unpaired) electrons. The number of likely N-dealkylation sites (N-methyl/N-ethyl adjacent to an activating group) is 1. The minimum absolute atomic E-state index is 0.0205. The first-order valence-electron chi connectivity index (χ1n) is 9.95. The number of alkyl halides is 3. The Morgan fingerprint density at radius 2 is 2.00 bits per heavy atom. The number of nitrogens with one attached hydrogen (secondary N) is 1. The van der Waals surface area contributed by atoms with Crippen LogP contribution in [0.2, 0.25) is 0 Å². The first-order valence-corrected chi connectivity index (χ1v) is 9.95. The number of amides is 1. The van der Waals surface area contributed by atoms with Crippen molar-refractivity contribution in [3.8, 4) is 0 Å². The van der Waals surface area contributed by atoms with E-state index < -0.39 is 11.7 Å². The maximum atomic E-state index is 13.4. The Labute approximate surface area is 167 Å². The Hall–Kier alpha value is -2.35. The number of fused-ring (bicyclic) bond motifs is 1. The van der Waals surface area contributed by atoms with Crippen LogP contribution in [-0.2, 0) is 11.0 Å². The second-order valence-corrected chi connectivity index (χ2v) is 8.24. The molecule has 29 heavy (non-hydrogen) atoms. The number of nitrogens with zero attached hydrogens (tertiary/aromatic N) is 3. The molecule has 3 unspecified atom stereocenters. The highest BCUT2D eigenvalue weighted by Crippen LogP contribution is 2.38. The van der Waals surface area contributed by atoms with Gasteiger partial charge in [-0.15, -0.1) is 0 Å². The lowest BCUT2D eigenvalue weighted by Crippen LogP contribution is -2.53. The van der Waals surface area contributed by atoms with Gasteiger partial charge < -0.3 is 15.1 Å². The number of halogens is 3. The molecule has 156 valence electrons. The van der Waals surface area contributed by atoms with Crippen LogP contribution in [0.25, 0.3) is 10.9 Å². The predicted octanol–water partition coefficient (Wildman–Crippen LogP) is 3.29. The summed E-state index contributed by atoms with van der Waals surface area (Å²) in [6.45, 7) is 4.28. The smallest absolute Gasteiger partial charge is 0.369 e. The van der Waals surface area contributed by atoms with Crippen LogP contribution in [0.1, 0.15) is 25.3 Å². The number of aromatic nitrogens is 1. The maximum absolute atomic E-state index is 13.4. The van der Waals surface area contributed by atoms with Gasteiger partial charge in [0.05, 0.1) is 17.1 Å². The molecule has 0 bridgehead atoms. The summed E-state index contributed by atoms with van der Waals surface area (Å²) in [7, 11) is 1.81. The van der Waals surface area contributed by atoms with E-state index in [1.807, 2.05) is 0 Å². The SMILES string of the molecule is CC1CC(NC2CCN(C)C2=O)CN(c2ccc(C(F)(F)F)c3ncccc23)C1.